The zero-order valence-corrected chi connectivity index (χ0v) is 14.2. The van der Waals surface area contributed by atoms with Crippen LogP contribution in [0.1, 0.15) is 25.8 Å². The monoisotopic (exact) mass is 318 g/mol. The van der Waals surface area contributed by atoms with E-state index in [-0.39, 0.29) is 17.7 Å². The Hall–Kier alpha value is -2.04. The van der Waals surface area contributed by atoms with Gasteiger partial charge in [-0.3, -0.25) is 9.59 Å². The topological polar surface area (TPSA) is 49.9 Å². The molecule has 126 valence electrons. The molecule has 5 nitrogen and oxygen atoms in total. The van der Waals surface area contributed by atoms with Gasteiger partial charge >= 0.3 is 0 Å². The number of methoxy groups -OCH3 is 1. The maximum atomic E-state index is 12.5. The molecular formula is C18H26N2O3. The Morgan fingerprint density at radius 1 is 1.04 bits per heavy atom. The molecule has 23 heavy (non-hydrogen) atoms. The summed E-state index contributed by atoms with van der Waals surface area (Å²) in [5.74, 6) is 1.10. The molecule has 1 aliphatic heterocycles. The summed E-state index contributed by atoms with van der Waals surface area (Å²) >= 11 is 0. The average Bonchev–Trinajstić information content (AvgIpc) is 2.80. The van der Waals surface area contributed by atoms with Crippen LogP contribution in [0.3, 0.4) is 0 Å². The van der Waals surface area contributed by atoms with Gasteiger partial charge in [0.2, 0.25) is 11.8 Å². The Morgan fingerprint density at radius 2 is 1.65 bits per heavy atom. The molecular weight excluding hydrogens is 292 g/mol. The SMILES string of the molecule is COc1ccc(CC(=O)N2CCCN(C(=O)C(C)C)CC2)cc1. The number of rotatable bonds is 4. The highest BCUT2D eigenvalue weighted by molar-refractivity contribution is 5.80. The summed E-state index contributed by atoms with van der Waals surface area (Å²) in [5.41, 5.74) is 0.982. The smallest absolute Gasteiger partial charge is 0.227 e. The molecule has 0 atom stereocenters. The predicted octanol–water partition coefficient (Wildman–Crippen LogP) is 1.95. The van der Waals surface area contributed by atoms with Gasteiger partial charge in [0, 0.05) is 32.1 Å². The summed E-state index contributed by atoms with van der Waals surface area (Å²) in [6.07, 6.45) is 1.23. The second-order valence-electron chi connectivity index (χ2n) is 6.24. The van der Waals surface area contributed by atoms with Crippen molar-refractivity contribution in [2.75, 3.05) is 33.3 Å². The van der Waals surface area contributed by atoms with E-state index >= 15 is 0 Å². The van der Waals surface area contributed by atoms with Gasteiger partial charge < -0.3 is 14.5 Å². The van der Waals surface area contributed by atoms with E-state index in [1.54, 1.807) is 7.11 Å². The second kappa shape index (κ2) is 7.99. The highest BCUT2D eigenvalue weighted by atomic mass is 16.5. The van der Waals surface area contributed by atoms with Gasteiger partial charge in [0.15, 0.2) is 0 Å². The van der Waals surface area contributed by atoms with Crippen molar-refractivity contribution in [1.29, 1.82) is 0 Å². The first-order chi connectivity index (χ1) is 11.0. The van der Waals surface area contributed by atoms with Gasteiger partial charge in [-0.05, 0) is 24.1 Å². The fourth-order valence-corrected chi connectivity index (χ4v) is 2.78. The first-order valence-corrected chi connectivity index (χ1v) is 8.20. The zero-order chi connectivity index (χ0) is 16.8. The van der Waals surface area contributed by atoms with Crippen LogP contribution in [0.4, 0.5) is 0 Å². The van der Waals surface area contributed by atoms with Crippen molar-refractivity contribution < 1.29 is 14.3 Å². The summed E-state index contributed by atoms with van der Waals surface area (Å²) in [4.78, 5) is 28.3. The lowest BCUT2D eigenvalue weighted by molar-refractivity contribution is -0.135. The van der Waals surface area contributed by atoms with Crippen LogP contribution in [-0.4, -0.2) is 54.9 Å². The highest BCUT2D eigenvalue weighted by Gasteiger charge is 2.23. The minimum absolute atomic E-state index is 0.0107. The van der Waals surface area contributed by atoms with Crippen molar-refractivity contribution in [2.45, 2.75) is 26.7 Å². The first kappa shape index (κ1) is 17.3. The average molecular weight is 318 g/mol. The molecule has 2 rings (SSSR count). The number of hydrogen-bond donors (Lipinski definition) is 0. The van der Waals surface area contributed by atoms with E-state index in [1.165, 1.54) is 0 Å². The third kappa shape index (κ3) is 4.71. The molecule has 0 saturated carbocycles. The molecule has 1 saturated heterocycles. The number of hydrogen-bond acceptors (Lipinski definition) is 3. The number of ether oxygens (including phenoxy) is 1. The van der Waals surface area contributed by atoms with Crippen molar-refractivity contribution in [2.24, 2.45) is 5.92 Å². The van der Waals surface area contributed by atoms with Crippen LogP contribution in [0.15, 0.2) is 24.3 Å². The number of amides is 2. The van der Waals surface area contributed by atoms with E-state index in [0.29, 0.717) is 19.5 Å². The standard InChI is InChI=1S/C18H26N2O3/c1-14(2)18(22)20-10-4-9-19(11-12-20)17(21)13-15-5-7-16(23-3)8-6-15/h5-8,14H,4,9-13H2,1-3H3. The van der Waals surface area contributed by atoms with Crippen LogP contribution >= 0.6 is 0 Å². The molecule has 1 aliphatic rings. The summed E-state index contributed by atoms with van der Waals surface area (Å²) in [7, 11) is 1.63. The zero-order valence-electron chi connectivity index (χ0n) is 14.2. The van der Waals surface area contributed by atoms with Crippen molar-refractivity contribution >= 4 is 11.8 Å². The van der Waals surface area contributed by atoms with Crippen LogP contribution < -0.4 is 4.74 Å². The van der Waals surface area contributed by atoms with E-state index < -0.39 is 0 Å². The molecule has 0 bridgehead atoms. The Balaban J connectivity index is 1.91. The van der Waals surface area contributed by atoms with Gasteiger partial charge in [0.25, 0.3) is 0 Å². The highest BCUT2D eigenvalue weighted by Crippen LogP contribution is 2.14. The molecule has 1 heterocycles. The van der Waals surface area contributed by atoms with Gasteiger partial charge in [-0.15, -0.1) is 0 Å². The lowest BCUT2D eigenvalue weighted by atomic mass is 10.1. The third-order valence-electron chi connectivity index (χ3n) is 4.17. The van der Waals surface area contributed by atoms with E-state index in [0.717, 1.165) is 30.8 Å². The molecule has 0 spiro atoms. The predicted molar refractivity (Wildman–Crippen MR) is 89.3 cm³/mol. The summed E-state index contributed by atoms with van der Waals surface area (Å²) in [5, 5.41) is 0. The number of carbonyl (C=O) groups excluding carboxylic acids is 2. The Bertz CT molecular complexity index is 540. The maximum Gasteiger partial charge on any atom is 0.227 e. The summed E-state index contributed by atoms with van der Waals surface area (Å²) in [6, 6.07) is 7.58. The molecule has 0 N–H and O–H groups in total. The van der Waals surface area contributed by atoms with Gasteiger partial charge in [0.1, 0.15) is 5.75 Å². The molecule has 0 unspecified atom stereocenters. The van der Waals surface area contributed by atoms with E-state index in [9.17, 15) is 9.59 Å². The van der Waals surface area contributed by atoms with Crippen LogP contribution in [0.25, 0.3) is 0 Å². The van der Waals surface area contributed by atoms with Crippen LogP contribution in [0.2, 0.25) is 0 Å². The van der Waals surface area contributed by atoms with Crippen LogP contribution in [-0.2, 0) is 16.0 Å². The van der Waals surface area contributed by atoms with Gasteiger partial charge in [-0.2, -0.15) is 0 Å². The molecule has 0 aliphatic carbocycles. The fourth-order valence-electron chi connectivity index (χ4n) is 2.78. The van der Waals surface area contributed by atoms with Crippen molar-refractivity contribution in [1.82, 2.24) is 9.80 Å². The van der Waals surface area contributed by atoms with Crippen LogP contribution in [0.5, 0.6) is 5.75 Å². The Kier molecular flexibility index (Phi) is 6.02. The first-order valence-electron chi connectivity index (χ1n) is 8.20. The van der Waals surface area contributed by atoms with E-state index in [4.69, 9.17) is 4.74 Å². The molecule has 5 heteroatoms. The lowest BCUT2D eigenvalue weighted by Gasteiger charge is -2.23. The number of carbonyl (C=O) groups is 2. The fraction of sp³-hybridized carbons (Fsp3) is 0.556. The van der Waals surface area contributed by atoms with Crippen molar-refractivity contribution in [3.05, 3.63) is 29.8 Å². The Morgan fingerprint density at radius 3 is 2.26 bits per heavy atom. The molecule has 0 aromatic heterocycles. The summed E-state index contributed by atoms with van der Waals surface area (Å²) in [6.45, 7) is 6.54. The third-order valence-corrected chi connectivity index (χ3v) is 4.17. The summed E-state index contributed by atoms with van der Waals surface area (Å²) < 4.78 is 5.13. The molecule has 1 aromatic carbocycles. The van der Waals surface area contributed by atoms with Gasteiger partial charge in [-0.25, -0.2) is 0 Å². The molecule has 2 amide bonds. The van der Waals surface area contributed by atoms with Crippen LogP contribution in [0, 0.1) is 5.92 Å². The molecule has 0 radical (unpaired) electrons. The molecule has 1 fully saturated rings. The quantitative estimate of drug-likeness (QED) is 0.852. The number of benzene rings is 1. The minimum atomic E-state index is 0.0107. The van der Waals surface area contributed by atoms with E-state index in [2.05, 4.69) is 0 Å². The minimum Gasteiger partial charge on any atom is -0.497 e. The molecule has 1 aromatic rings. The van der Waals surface area contributed by atoms with Gasteiger partial charge in [-0.1, -0.05) is 26.0 Å². The van der Waals surface area contributed by atoms with Crippen molar-refractivity contribution in [3.8, 4) is 5.75 Å². The normalized spacial score (nSPS) is 15.5. The lowest BCUT2D eigenvalue weighted by Crippen LogP contribution is -2.39. The maximum absolute atomic E-state index is 12.5. The Labute approximate surface area is 138 Å². The second-order valence-corrected chi connectivity index (χ2v) is 6.24. The van der Waals surface area contributed by atoms with Gasteiger partial charge in [0.05, 0.1) is 13.5 Å². The van der Waals surface area contributed by atoms with Crippen molar-refractivity contribution in [3.63, 3.8) is 0 Å². The van der Waals surface area contributed by atoms with E-state index in [1.807, 2.05) is 47.9 Å². The number of nitrogens with zero attached hydrogens (tertiary/aromatic N) is 2. The largest absolute Gasteiger partial charge is 0.497 e.